The van der Waals surface area contributed by atoms with E-state index in [4.69, 9.17) is 4.42 Å². The molecule has 0 spiro atoms. The number of para-hydroxylation sites is 1. The van der Waals surface area contributed by atoms with Crippen LogP contribution in [0.25, 0.3) is 76.9 Å². The Labute approximate surface area is 320 Å². The molecule has 55 heavy (non-hydrogen) atoms. The SMILES string of the molecule is CC1(C)c2ccccc2-c2c(N(c3ccc(-c4ccc5cccc(-c6ccc7ccccc7c6)c5c4)cc3)c3ccc4oc5ccccc5c4c3)cccc21. The van der Waals surface area contributed by atoms with E-state index in [2.05, 4.69) is 195 Å². The van der Waals surface area contributed by atoms with Crippen molar-refractivity contribution in [1.82, 2.24) is 0 Å². The molecule has 0 bridgehead atoms. The molecular weight excluding hydrogens is 667 g/mol. The average Bonchev–Trinajstić information content (AvgIpc) is 3.72. The van der Waals surface area contributed by atoms with Gasteiger partial charge in [0.1, 0.15) is 11.2 Å². The number of anilines is 3. The molecule has 2 nitrogen and oxygen atoms in total. The van der Waals surface area contributed by atoms with Crippen molar-refractivity contribution in [3.05, 3.63) is 199 Å². The summed E-state index contributed by atoms with van der Waals surface area (Å²) in [6, 6.07) is 68.6. The maximum Gasteiger partial charge on any atom is 0.135 e. The number of rotatable bonds is 5. The van der Waals surface area contributed by atoms with E-state index in [-0.39, 0.29) is 5.41 Å². The van der Waals surface area contributed by atoms with E-state index in [0.29, 0.717) is 0 Å². The number of fused-ring (bicyclic) bond motifs is 8. The van der Waals surface area contributed by atoms with Crippen LogP contribution in [0, 0.1) is 0 Å². The summed E-state index contributed by atoms with van der Waals surface area (Å²) in [6.07, 6.45) is 0. The van der Waals surface area contributed by atoms with Crippen molar-refractivity contribution in [2.45, 2.75) is 19.3 Å². The summed E-state index contributed by atoms with van der Waals surface area (Å²) in [5.74, 6) is 0. The Kier molecular flexibility index (Phi) is 6.93. The molecular formula is C53H37NO. The van der Waals surface area contributed by atoms with Crippen LogP contribution in [-0.4, -0.2) is 0 Å². The molecule has 11 rings (SSSR count). The summed E-state index contributed by atoms with van der Waals surface area (Å²) in [7, 11) is 0. The van der Waals surface area contributed by atoms with Gasteiger partial charge in [-0.15, -0.1) is 0 Å². The van der Waals surface area contributed by atoms with Crippen molar-refractivity contribution in [2.24, 2.45) is 0 Å². The highest BCUT2D eigenvalue weighted by Gasteiger charge is 2.37. The largest absolute Gasteiger partial charge is 0.456 e. The molecule has 1 aliphatic rings. The summed E-state index contributed by atoms with van der Waals surface area (Å²) in [4.78, 5) is 2.43. The molecule has 1 aromatic heterocycles. The minimum Gasteiger partial charge on any atom is -0.456 e. The fourth-order valence-corrected chi connectivity index (χ4v) is 9.07. The minimum absolute atomic E-state index is 0.107. The Balaban J connectivity index is 1.06. The lowest BCUT2D eigenvalue weighted by Crippen LogP contribution is -2.16. The molecule has 1 heterocycles. The van der Waals surface area contributed by atoms with Gasteiger partial charge in [-0.05, 0) is 115 Å². The van der Waals surface area contributed by atoms with Crippen molar-refractivity contribution in [2.75, 3.05) is 4.90 Å². The number of furan rings is 1. The minimum atomic E-state index is -0.107. The predicted molar refractivity (Wildman–Crippen MR) is 232 cm³/mol. The Bertz CT molecular complexity index is 3130. The average molecular weight is 704 g/mol. The van der Waals surface area contributed by atoms with Gasteiger partial charge in [0, 0.05) is 33.1 Å². The van der Waals surface area contributed by atoms with Crippen LogP contribution in [0.2, 0.25) is 0 Å². The topological polar surface area (TPSA) is 16.4 Å². The van der Waals surface area contributed by atoms with E-state index in [1.165, 1.54) is 71.7 Å². The molecule has 0 atom stereocenters. The van der Waals surface area contributed by atoms with Gasteiger partial charge < -0.3 is 9.32 Å². The zero-order valence-electron chi connectivity index (χ0n) is 30.8. The van der Waals surface area contributed by atoms with Crippen molar-refractivity contribution in [1.29, 1.82) is 0 Å². The molecule has 0 radical (unpaired) electrons. The molecule has 0 fully saturated rings. The molecule has 1 aliphatic carbocycles. The summed E-state index contributed by atoms with van der Waals surface area (Å²) in [5, 5.41) is 7.24. The van der Waals surface area contributed by atoms with E-state index < -0.39 is 0 Å². The second-order valence-corrected chi connectivity index (χ2v) is 15.3. The van der Waals surface area contributed by atoms with E-state index in [0.717, 1.165) is 33.3 Å². The molecule has 0 amide bonds. The molecule has 0 saturated heterocycles. The Hall–Kier alpha value is -6.90. The monoisotopic (exact) mass is 703 g/mol. The molecule has 2 heteroatoms. The third-order valence-corrected chi connectivity index (χ3v) is 11.8. The normalized spacial score (nSPS) is 13.1. The van der Waals surface area contributed by atoms with Gasteiger partial charge in [0.15, 0.2) is 0 Å². The first kappa shape index (κ1) is 31.6. The lowest BCUT2D eigenvalue weighted by molar-refractivity contribution is 0.660. The molecule has 0 saturated carbocycles. The Morgan fingerprint density at radius 2 is 1.05 bits per heavy atom. The first-order valence-electron chi connectivity index (χ1n) is 19.1. The lowest BCUT2D eigenvalue weighted by atomic mass is 9.82. The fraction of sp³-hybridized carbons (Fsp3) is 0.0566. The Morgan fingerprint density at radius 1 is 0.400 bits per heavy atom. The molecule has 0 aliphatic heterocycles. The van der Waals surface area contributed by atoms with Crippen molar-refractivity contribution in [3.63, 3.8) is 0 Å². The highest BCUT2D eigenvalue weighted by atomic mass is 16.3. The van der Waals surface area contributed by atoms with E-state index in [1.54, 1.807) is 0 Å². The second-order valence-electron chi connectivity index (χ2n) is 15.3. The fourth-order valence-electron chi connectivity index (χ4n) is 9.07. The van der Waals surface area contributed by atoms with Gasteiger partial charge in [-0.25, -0.2) is 0 Å². The Morgan fingerprint density at radius 3 is 1.96 bits per heavy atom. The van der Waals surface area contributed by atoms with Crippen LogP contribution in [0.4, 0.5) is 17.1 Å². The highest BCUT2D eigenvalue weighted by molar-refractivity contribution is 6.07. The van der Waals surface area contributed by atoms with Gasteiger partial charge in [0.05, 0.1) is 5.69 Å². The zero-order chi connectivity index (χ0) is 36.7. The van der Waals surface area contributed by atoms with E-state index in [9.17, 15) is 0 Å². The molecule has 260 valence electrons. The summed E-state index contributed by atoms with van der Waals surface area (Å²) >= 11 is 0. The first-order chi connectivity index (χ1) is 27.0. The number of benzene rings is 9. The number of hydrogen-bond acceptors (Lipinski definition) is 2. The van der Waals surface area contributed by atoms with Crippen LogP contribution >= 0.6 is 0 Å². The van der Waals surface area contributed by atoms with Crippen molar-refractivity contribution >= 4 is 60.5 Å². The third-order valence-electron chi connectivity index (χ3n) is 11.8. The van der Waals surface area contributed by atoms with Crippen LogP contribution in [0.1, 0.15) is 25.0 Å². The maximum absolute atomic E-state index is 6.28. The number of nitrogens with zero attached hydrogens (tertiary/aromatic N) is 1. The smallest absolute Gasteiger partial charge is 0.135 e. The quantitative estimate of drug-likeness (QED) is 0.177. The van der Waals surface area contributed by atoms with E-state index in [1.807, 2.05) is 12.1 Å². The third kappa shape index (κ3) is 4.95. The van der Waals surface area contributed by atoms with Crippen LogP contribution in [0.3, 0.4) is 0 Å². The zero-order valence-corrected chi connectivity index (χ0v) is 30.8. The lowest BCUT2D eigenvalue weighted by Gasteiger charge is -2.29. The van der Waals surface area contributed by atoms with Crippen LogP contribution < -0.4 is 4.90 Å². The first-order valence-corrected chi connectivity index (χ1v) is 19.1. The van der Waals surface area contributed by atoms with Gasteiger partial charge in [-0.1, -0.05) is 147 Å². The standard InChI is InChI=1S/C53H37NO/c1-53(2)47-17-7-5-15-44(47)52-48(53)18-10-19-49(52)54(41-29-30-51-46(33-41)43-14-6-8-20-50(43)55-51)40-27-25-35(26-28-40)38-23-22-36-13-9-16-42(45(36)32-38)39-24-21-34-11-3-4-12-37(34)31-39/h3-33H,1-2H3. The number of hydrogen-bond donors (Lipinski definition) is 0. The van der Waals surface area contributed by atoms with Crippen LogP contribution in [-0.2, 0) is 5.41 Å². The van der Waals surface area contributed by atoms with Crippen molar-refractivity contribution < 1.29 is 4.42 Å². The molecule has 9 aromatic carbocycles. The second kappa shape index (κ2) is 12.1. The summed E-state index contributed by atoms with van der Waals surface area (Å²) in [6.45, 7) is 4.69. The molecule has 10 aromatic rings. The van der Waals surface area contributed by atoms with Gasteiger partial charge >= 0.3 is 0 Å². The summed E-state index contributed by atoms with van der Waals surface area (Å²) < 4.78 is 6.28. The van der Waals surface area contributed by atoms with Gasteiger partial charge in [0.2, 0.25) is 0 Å². The maximum atomic E-state index is 6.28. The van der Waals surface area contributed by atoms with Crippen LogP contribution in [0.5, 0.6) is 0 Å². The molecule has 0 N–H and O–H groups in total. The highest BCUT2D eigenvalue weighted by Crippen LogP contribution is 2.54. The predicted octanol–water partition coefficient (Wildman–Crippen LogP) is 15.0. The van der Waals surface area contributed by atoms with Crippen LogP contribution in [0.15, 0.2) is 192 Å². The van der Waals surface area contributed by atoms with Gasteiger partial charge in [-0.2, -0.15) is 0 Å². The molecule has 0 unspecified atom stereocenters. The van der Waals surface area contributed by atoms with E-state index >= 15 is 0 Å². The summed E-state index contributed by atoms with van der Waals surface area (Å²) in [5.41, 5.74) is 15.2. The van der Waals surface area contributed by atoms with Gasteiger partial charge in [-0.3, -0.25) is 0 Å². The van der Waals surface area contributed by atoms with Gasteiger partial charge in [0.25, 0.3) is 0 Å². The van der Waals surface area contributed by atoms with Crippen molar-refractivity contribution in [3.8, 4) is 33.4 Å².